The van der Waals surface area contributed by atoms with E-state index in [0.717, 1.165) is 23.2 Å². The molecule has 0 aromatic carbocycles. The first-order valence-corrected chi connectivity index (χ1v) is 8.89. The first kappa shape index (κ1) is 15.4. The fourth-order valence-electron chi connectivity index (χ4n) is 2.66. The lowest BCUT2D eigenvalue weighted by molar-refractivity contribution is -0.134. The van der Waals surface area contributed by atoms with Gasteiger partial charge < -0.3 is 15.8 Å². The summed E-state index contributed by atoms with van der Waals surface area (Å²) in [6.45, 7) is 2.33. The second kappa shape index (κ2) is 6.75. The van der Waals surface area contributed by atoms with Crippen LogP contribution in [0.3, 0.4) is 0 Å². The van der Waals surface area contributed by atoms with Crippen molar-refractivity contribution >= 4 is 33.2 Å². The molecule has 7 heteroatoms. The highest BCUT2D eigenvalue weighted by molar-refractivity contribution is 9.11. The van der Waals surface area contributed by atoms with E-state index >= 15 is 0 Å². The Labute approximate surface area is 137 Å². The average molecular weight is 374 g/mol. The topological polar surface area (TPSA) is 67.6 Å². The summed E-state index contributed by atoms with van der Waals surface area (Å²) >= 11 is 5.17. The molecule has 116 valence electrons. The molecule has 21 heavy (non-hydrogen) atoms. The summed E-state index contributed by atoms with van der Waals surface area (Å²) in [6, 6.07) is 4.31. The van der Waals surface area contributed by atoms with Crippen LogP contribution in [0, 0.1) is 0 Å². The van der Waals surface area contributed by atoms with Crippen LogP contribution in [0.15, 0.2) is 15.9 Å². The predicted molar refractivity (Wildman–Crippen MR) is 86.3 cm³/mol. The zero-order valence-corrected chi connectivity index (χ0v) is 14.2. The van der Waals surface area contributed by atoms with Crippen molar-refractivity contribution in [1.29, 1.82) is 0 Å². The number of rotatable bonds is 5. The number of morpholine rings is 1. The van der Waals surface area contributed by atoms with E-state index in [9.17, 15) is 4.79 Å². The highest BCUT2D eigenvalue weighted by Crippen LogP contribution is 2.32. The van der Waals surface area contributed by atoms with E-state index in [4.69, 9.17) is 10.5 Å². The Morgan fingerprint density at radius 1 is 1.57 bits per heavy atom. The minimum Gasteiger partial charge on any atom is -0.378 e. The Morgan fingerprint density at radius 3 is 3.00 bits per heavy atom. The fourth-order valence-corrected chi connectivity index (χ4v) is 4.22. The van der Waals surface area contributed by atoms with E-state index in [-0.39, 0.29) is 18.0 Å². The van der Waals surface area contributed by atoms with Gasteiger partial charge >= 0.3 is 0 Å². The van der Waals surface area contributed by atoms with Crippen LogP contribution in [0.1, 0.15) is 23.8 Å². The van der Waals surface area contributed by atoms with E-state index in [1.54, 1.807) is 11.3 Å². The minimum absolute atomic E-state index is 0.0696. The van der Waals surface area contributed by atoms with Gasteiger partial charge in [-0.2, -0.15) is 0 Å². The largest absolute Gasteiger partial charge is 0.378 e. The molecular weight excluding hydrogens is 354 g/mol. The van der Waals surface area contributed by atoms with E-state index in [2.05, 4.69) is 32.2 Å². The zero-order valence-electron chi connectivity index (χ0n) is 11.8. The fraction of sp³-hybridized carbons (Fsp3) is 0.643. The zero-order chi connectivity index (χ0) is 14.8. The van der Waals surface area contributed by atoms with Crippen LogP contribution in [0.5, 0.6) is 0 Å². The number of carbonyl (C=O) groups excluding carboxylic acids is 1. The molecule has 3 rings (SSSR count). The van der Waals surface area contributed by atoms with Gasteiger partial charge in [0.1, 0.15) is 6.04 Å². The van der Waals surface area contributed by atoms with E-state index in [1.807, 2.05) is 6.07 Å². The summed E-state index contributed by atoms with van der Waals surface area (Å²) in [5, 5.41) is 3.08. The number of thiophene rings is 1. The maximum Gasteiger partial charge on any atom is 0.239 e. The molecule has 3 N–H and O–H groups in total. The number of halogens is 1. The molecule has 2 aliphatic rings. The third-order valence-electron chi connectivity index (χ3n) is 3.94. The smallest absolute Gasteiger partial charge is 0.239 e. The molecule has 2 fully saturated rings. The van der Waals surface area contributed by atoms with Crippen LogP contribution in [0.25, 0.3) is 0 Å². The van der Waals surface area contributed by atoms with Gasteiger partial charge in [0.15, 0.2) is 0 Å². The van der Waals surface area contributed by atoms with Gasteiger partial charge in [-0.15, -0.1) is 11.3 Å². The molecule has 1 aromatic rings. The Kier molecular flexibility index (Phi) is 4.96. The molecule has 1 saturated heterocycles. The SMILES string of the molecule is NCC(c1ccc(Br)s1)N1CCOCC1C(=O)NC1CC1. The number of ether oxygens (including phenoxy) is 1. The lowest BCUT2D eigenvalue weighted by Crippen LogP contribution is -2.56. The molecule has 0 radical (unpaired) electrons. The van der Waals surface area contributed by atoms with Crippen molar-refractivity contribution in [2.24, 2.45) is 5.73 Å². The predicted octanol–water partition coefficient (Wildman–Crippen LogP) is 1.49. The van der Waals surface area contributed by atoms with Gasteiger partial charge in [0, 0.05) is 24.0 Å². The summed E-state index contributed by atoms with van der Waals surface area (Å²) in [5.74, 6) is 0.0753. The lowest BCUT2D eigenvalue weighted by atomic mass is 10.1. The molecule has 0 bridgehead atoms. The van der Waals surface area contributed by atoms with Gasteiger partial charge in [0.05, 0.1) is 23.0 Å². The van der Waals surface area contributed by atoms with E-state index < -0.39 is 0 Å². The first-order valence-electron chi connectivity index (χ1n) is 7.28. The van der Waals surface area contributed by atoms with Crippen molar-refractivity contribution in [3.05, 3.63) is 20.8 Å². The number of hydrogen-bond donors (Lipinski definition) is 2. The Bertz CT molecular complexity index is 506. The van der Waals surface area contributed by atoms with Crippen molar-refractivity contribution in [3.63, 3.8) is 0 Å². The van der Waals surface area contributed by atoms with Crippen molar-refractivity contribution in [2.75, 3.05) is 26.3 Å². The monoisotopic (exact) mass is 373 g/mol. The summed E-state index contributed by atoms with van der Waals surface area (Å²) < 4.78 is 6.61. The number of carbonyl (C=O) groups is 1. The molecule has 1 aliphatic carbocycles. The minimum atomic E-state index is -0.242. The van der Waals surface area contributed by atoms with Gasteiger partial charge in [0.2, 0.25) is 5.91 Å². The second-order valence-electron chi connectivity index (χ2n) is 5.50. The number of hydrogen-bond acceptors (Lipinski definition) is 5. The van der Waals surface area contributed by atoms with Crippen LogP contribution in [0.4, 0.5) is 0 Å². The summed E-state index contributed by atoms with van der Waals surface area (Å²) in [4.78, 5) is 15.8. The molecule has 1 saturated carbocycles. The van der Waals surface area contributed by atoms with Gasteiger partial charge in [-0.1, -0.05) is 0 Å². The van der Waals surface area contributed by atoms with Crippen molar-refractivity contribution in [3.8, 4) is 0 Å². The second-order valence-corrected chi connectivity index (χ2v) is 8.00. The molecule has 2 unspecified atom stereocenters. The maximum absolute atomic E-state index is 12.4. The van der Waals surface area contributed by atoms with Crippen molar-refractivity contribution < 1.29 is 9.53 Å². The molecule has 1 amide bonds. The summed E-state index contributed by atoms with van der Waals surface area (Å²) in [6.07, 6.45) is 2.19. The van der Waals surface area contributed by atoms with E-state index in [1.165, 1.54) is 4.88 Å². The summed E-state index contributed by atoms with van der Waals surface area (Å²) in [7, 11) is 0. The Balaban J connectivity index is 1.76. The van der Waals surface area contributed by atoms with Crippen LogP contribution in [-0.4, -0.2) is 49.2 Å². The maximum atomic E-state index is 12.4. The molecule has 5 nitrogen and oxygen atoms in total. The van der Waals surface area contributed by atoms with Crippen LogP contribution in [-0.2, 0) is 9.53 Å². The van der Waals surface area contributed by atoms with E-state index in [0.29, 0.717) is 25.8 Å². The van der Waals surface area contributed by atoms with Crippen LogP contribution in [0.2, 0.25) is 0 Å². The standard InChI is InChI=1S/C14H20BrN3O2S/c15-13-4-3-12(21-13)10(7-16)18-5-6-20-8-11(18)14(19)17-9-1-2-9/h3-4,9-11H,1-2,5-8,16H2,(H,17,19). The first-order chi connectivity index (χ1) is 10.2. The molecule has 1 aromatic heterocycles. The van der Waals surface area contributed by atoms with Gasteiger partial charge in [-0.3, -0.25) is 9.69 Å². The third kappa shape index (κ3) is 3.65. The highest BCUT2D eigenvalue weighted by Gasteiger charge is 2.37. The average Bonchev–Trinajstić information content (AvgIpc) is 3.20. The quantitative estimate of drug-likeness (QED) is 0.820. The number of nitrogens with two attached hydrogens (primary N) is 1. The molecular formula is C14H20BrN3O2S. The number of nitrogens with one attached hydrogen (secondary N) is 1. The van der Waals surface area contributed by atoms with Gasteiger partial charge in [0.25, 0.3) is 0 Å². The number of nitrogens with zero attached hydrogens (tertiary/aromatic N) is 1. The summed E-state index contributed by atoms with van der Waals surface area (Å²) in [5.41, 5.74) is 6.00. The molecule has 2 atom stereocenters. The van der Waals surface area contributed by atoms with Crippen molar-refractivity contribution in [1.82, 2.24) is 10.2 Å². The Hall–Kier alpha value is -0.470. The van der Waals surface area contributed by atoms with Crippen molar-refractivity contribution in [2.45, 2.75) is 31.0 Å². The molecule has 0 spiro atoms. The lowest BCUT2D eigenvalue weighted by Gasteiger charge is -2.39. The van der Waals surface area contributed by atoms with Gasteiger partial charge in [-0.25, -0.2) is 0 Å². The van der Waals surface area contributed by atoms with Gasteiger partial charge in [-0.05, 0) is 40.9 Å². The Morgan fingerprint density at radius 2 is 2.38 bits per heavy atom. The number of amides is 1. The normalized spacial score (nSPS) is 24.8. The van der Waals surface area contributed by atoms with Crippen LogP contribution >= 0.6 is 27.3 Å². The molecule has 2 heterocycles. The van der Waals surface area contributed by atoms with Crippen LogP contribution < -0.4 is 11.1 Å². The highest BCUT2D eigenvalue weighted by atomic mass is 79.9. The molecule has 1 aliphatic heterocycles. The third-order valence-corrected chi connectivity index (χ3v) is 5.67.